The predicted octanol–water partition coefficient (Wildman–Crippen LogP) is 2.79. The number of nitrogens with zero attached hydrogens (tertiary/aromatic N) is 1. The number of carbonyl (C=O) groups excluding carboxylic acids is 2. The molecule has 0 atom stereocenters. The highest BCUT2D eigenvalue weighted by molar-refractivity contribution is 6.07. The highest BCUT2D eigenvalue weighted by Gasteiger charge is 2.32. The molecule has 0 bridgehead atoms. The number of carbonyl (C=O) groups is 2. The summed E-state index contributed by atoms with van der Waals surface area (Å²) in [7, 11) is 3.09. The molecule has 2 heterocycles. The molecule has 2 amide bonds. The Balaban J connectivity index is 1.64. The normalized spacial score (nSPS) is 14.8. The number of aryl methyl sites for hydroxylation is 1. The molecule has 1 N–H and O–H groups in total. The lowest BCUT2D eigenvalue weighted by molar-refractivity contribution is -0.117. The zero-order valence-electron chi connectivity index (χ0n) is 14.8. The van der Waals surface area contributed by atoms with Crippen LogP contribution in [0.5, 0.6) is 11.5 Å². The van der Waals surface area contributed by atoms with E-state index in [1.165, 1.54) is 0 Å². The van der Waals surface area contributed by atoms with Crippen molar-refractivity contribution in [2.45, 2.75) is 19.3 Å². The first-order valence-corrected chi connectivity index (χ1v) is 8.59. The number of hydrogen-bond acceptors (Lipinski definition) is 4. The summed E-state index contributed by atoms with van der Waals surface area (Å²) in [6, 6.07) is 8.92. The van der Waals surface area contributed by atoms with Gasteiger partial charge in [0.05, 0.1) is 26.3 Å². The largest absolute Gasteiger partial charge is 0.497 e. The van der Waals surface area contributed by atoms with Crippen LogP contribution in [0.25, 0.3) is 0 Å². The molecule has 2 aliphatic rings. The van der Waals surface area contributed by atoms with E-state index in [0.717, 1.165) is 36.2 Å². The second kappa shape index (κ2) is 6.37. The molecule has 0 spiro atoms. The van der Waals surface area contributed by atoms with Crippen molar-refractivity contribution in [2.75, 3.05) is 31.0 Å². The van der Waals surface area contributed by atoms with Gasteiger partial charge in [-0.15, -0.1) is 0 Å². The molecule has 0 unspecified atom stereocenters. The van der Waals surface area contributed by atoms with Crippen LogP contribution in [0, 0.1) is 0 Å². The summed E-state index contributed by atoms with van der Waals surface area (Å²) in [5.74, 6) is 1.01. The fourth-order valence-electron chi connectivity index (χ4n) is 3.69. The van der Waals surface area contributed by atoms with E-state index in [2.05, 4.69) is 5.32 Å². The number of amides is 2. The Morgan fingerprint density at radius 1 is 1.04 bits per heavy atom. The molecule has 0 saturated heterocycles. The molecular weight excluding hydrogens is 332 g/mol. The van der Waals surface area contributed by atoms with E-state index in [1.54, 1.807) is 32.4 Å². The lowest BCUT2D eigenvalue weighted by atomic mass is 9.99. The van der Waals surface area contributed by atoms with Gasteiger partial charge in [0, 0.05) is 23.9 Å². The average molecular weight is 352 g/mol. The lowest BCUT2D eigenvalue weighted by Gasteiger charge is -2.26. The van der Waals surface area contributed by atoms with Crippen molar-refractivity contribution >= 4 is 23.2 Å². The van der Waals surface area contributed by atoms with Gasteiger partial charge >= 0.3 is 0 Å². The van der Waals surface area contributed by atoms with Gasteiger partial charge in [0.1, 0.15) is 11.5 Å². The Kier molecular flexibility index (Phi) is 4.03. The van der Waals surface area contributed by atoms with Gasteiger partial charge in [0.2, 0.25) is 5.91 Å². The van der Waals surface area contributed by atoms with Crippen LogP contribution in [0.2, 0.25) is 0 Å². The van der Waals surface area contributed by atoms with Crippen LogP contribution in [-0.2, 0) is 17.6 Å². The first-order chi connectivity index (χ1) is 12.6. The number of nitrogens with one attached hydrogen (secondary N) is 1. The molecule has 0 saturated carbocycles. The summed E-state index contributed by atoms with van der Waals surface area (Å²) in [5, 5.41) is 2.94. The van der Waals surface area contributed by atoms with Gasteiger partial charge in [-0.2, -0.15) is 0 Å². The summed E-state index contributed by atoms with van der Waals surface area (Å²) in [4.78, 5) is 26.7. The van der Waals surface area contributed by atoms with Crippen molar-refractivity contribution in [1.82, 2.24) is 0 Å². The second-order valence-corrected chi connectivity index (χ2v) is 6.52. The molecule has 6 nitrogen and oxygen atoms in total. The first-order valence-electron chi connectivity index (χ1n) is 8.59. The Morgan fingerprint density at radius 3 is 2.42 bits per heavy atom. The Hall–Kier alpha value is -3.02. The molecule has 26 heavy (non-hydrogen) atoms. The van der Waals surface area contributed by atoms with Crippen LogP contribution in [0.3, 0.4) is 0 Å². The first kappa shape index (κ1) is 16.4. The Labute approximate surface area is 151 Å². The molecule has 2 aromatic rings. The van der Waals surface area contributed by atoms with Crippen molar-refractivity contribution < 1.29 is 19.1 Å². The van der Waals surface area contributed by atoms with E-state index < -0.39 is 0 Å². The summed E-state index contributed by atoms with van der Waals surface area (Å²) in [5.41, 5.74) is 4.32. The van der Waals surface area contributed by atoms with Crippen LogP contribution in [0.15, 0.2) is 30.3 Å². The van der Waals surface area contributed by atoms with Crippen molar-refractivity contribution in [3.63, 3.8) is 0 Å². The summed E-state index contributed by atoms with van der Waals surface area (Å²) < 4.78 is 10.4. The van der Waals surface area contributed by atoms with Crippen molar-refractivity contribution in [3.8, 4) is 11.5 Å². The maximum absolute atomic E-state index is 12.7. The van der Waals surface area contributed by atoms with Crippen LogP contribution < -0.4 is 19.7 Å². The predicted molar refractivity (Wildman–Crippen MR) is 98.3 cm³/mol. The summed E-state index contributed by atoms with van der Waals surface area (Å²) in [6.45, 7) is 0.786. The smallest absolute Gasteiger partial charge is 0.255 e. The van der Waals surface area contributed by atoms with Crippen LogP contribution in [0.4, 0.5) is 11.4 Å². The monoisotopic (exact) mass is 352 g/mol. The fraction of sp³-hybridized carbons (Fsp3) is 0.300. The van der Waals surface area contributed by atoms with Crippen LogP contribution in [0.1, 0.15) is 27.9 Å². The number of rotatable bonds is 4. The van der Waals surface area contributed by atoms with Gasteiger partial charge in [-0.25, -0.2) is 0 Å². The van der Waals surface area contributed by atoms with Gasteiger partial charge in [-0.05, 0) is 48.2 Å². The lowest BCUT2D eigenvalue weighted by Crippen LogP contribution is -2.31. The van der Waals surface area contributed by atoms with E-state index in [9.17, 15) is 9.59 Å². The Morgan fingerprint density at radius 2 is 1.73 bits per heavy atom. The molecule has 0 fully saturated rings. The van der Waals surface area contributed by atoms with Gasteiger partial charge in [-0.1, -0.05) is 0 Å². The van der Waals surface area contributed by atoms with Gasteiger partial charge in [-0.3, -0.25) is 9.59 Å². The number of ether oxygens (including phenoxy) is 2. The van der Waals surface area contributed by atoms with Gasteiger partial charge in [0.15, 0.2) is 0 Å². The van der Waals surface area contributed by atoms with Crippen LogP contribution in [-0.4, -0.2) is 32.6 Å². The average Bonchev–Trinajstić information content (AvgIpc) is 2.98. The molecule has 6 heteroatoms. The molecule has 4 rings (SSSR count). The minimum atomic E-state index is -0.244. The number of hydrogen-bond donors (Lipinski definition) is 1. The number of methoxy groups -OCH3 is 2. The number of anilines is 2. The van der Waals surface area contributed by atoms with Crippen molar-refractivity contribution in [2.24, 2.45) is 0 Å². The second-order valence-electron chi connectivity index (χ2n) is 6.52. The SMILES string of the molecule is COc1cc(OC)cc(C(=O)Nc2cc3c4c(c2)CC(=O)N4CCC3)c1. The fourth-order valence-corrected chi connectivity index (χ4v) is 3.69. The molecular formula is C20H20N2O4. The maximum atomic E-state index is 12.7. The quantitative estimate of drug-likeness (QED) is 0.919. The minimum Gasteiger partial charge on any atom is -0.497 e. The highest BCUT2D eigenvalue weighted by atomic mass is 16.5. The zero-order valence-corrected chi connectivity index (χ0v) is 14.8. The molecule has 134 valence electrons. The molecule has 0 aromatic heterocycles. The van der Waals surface area contributed by atoms with E-state index in [4.69, 9.17) is 9.47 Å². The highest BCUT2D eigenvalue weighted by Crippen LogP contribution is 2.39. The van der Waals surface area contributed by atoms with E-state index in [-0.39, 0.29) is 11.8 Å². The van der Waals surface area contributed by atoms with Crippen molar-refractivity contribution in [1.29, 1.82) is 0 Å². The molecule has 2 aromatic carbocycles. The number of benzene rings is 2. The zero-order chi connectivity index (χ0) is 18.3. The van der Waals surface area contributed by atoms with Gasteiger partial charge < -0.3 is 19.7 Å². The van der Waals surface area contributed by atoms with E-state index in [0.29, 0.717) is 29.2 Å². The van der Waals surface area contributed by atoms with Crippen LogP contribution >= 0.6 is 0 Å². The molecule has 0 radical (unpaired) electrons. The van der Waals surface area contributed by atoms with Gasteiger partial charge in [0.25, 0.3) is 5.91 Å². The third-order valence-electron chi connectivity index (χ3n) is 4.88. The van der Waals surface area contributed by atoms with E-state index >= 15 is 0 Å². The third kappa shape index (κ3) is 2.77. The summed E-state index contributed by atoms with van der Waals surface area (Å²) >= 11 is 0. The summed E-state index contributed by atoms with van der Waals surface area (Å²) in [6.07, 6.45) is 2.27. The minimum absolute atomic E-state index is 0.141. The third-order valence-corrected chi connectivity index (χ3v) is 4.88. The topological polar surface area (TPSA) is 67.9 Å². The van der Waals surface area contributed by atoms with Crippen molar-refractivity contribution in [3.05, 3.63) is 47.0 Å². The van der Waals surface area contributed by atoms with E-state index in [1.807, 2.05) is 17.0 Å². The maximum Gasteiger partial charge on any atom is 0.255 e. The molecule has 2 aliphatic heterocycles. The Bertz CT molecular complexity index is 885. The molecule has 0 aliphatic carbocycles. The standard InChI is InChI=1S/C20H20N2O4/c1-25-16-8-14(9-17(11-16)26-2)20(24)21-15-6-12-4-3-5-22-18(23)10-13(7-15)19(12)22/h6-9,11H,3-5,10H2,1-2H3,(H,21,24).